The van der Waals surface area contributed by atoms with Crippen molar-refractivity contribution in [3.63, 3.8) is 0 Å². The van der Waals surface area contributed by atoms with E-state index in [1.165, 1.54) is 0 Å². The van der Waals surface area contributed by atoms with Crippen molar-refractivity contribution in [2.75, 3.05) is 37.6 Å². The Kier molecular flexibility index (Phi) is 4.06. The Morgan fingerprint density at radius 1 is 1.17 bits per heavy atom. The third-order valence-corrected chi connectivity index (χ3v) is 4.10. The third-order valence-electron chi connectivity index (χ3n) is 4.10. The monoisotopic (exact) mass is 331 g/mol. The van der Waals surface area contributed by atoms with Crippen LogP contribution in [0.1, 0.15) is 28.7 Å². The molecule has 126 valence electrons. The van der Waals surface area contributed by atoms with Crippen molar-refractivity contribution in [3.05, 3.63) is 59.9 Å². The van der Waals surface area contributed by atoms with Crippen LogP contribution >= 0.6 is 0 Å². The highest BCUT2D eigenvalue weighted by molar-refractivity contribution is 5.95. The number of hydrogen-bond donors (Lipinski definition) is 0. The lowest BCUT2D eigenvalue weighted by Crippen LogP contribution is -2.46. The highest BCUT2D eigenvalue weighted by atomic mass is 19.1. The summed E-state index contributed by atoms with van der Waals surface area (Å²) < 4.78 is 44.1. The fraction of sp³-hybridized carbons (Fsp3) is 0.368. The lowest BCUT2D eigenvalue weighted by Gasteiger charge is -2.35. The molecule has 24 heavy (non-hydrogen) atoms. The van der Waals surface area contributed by atoms with E-state index in [0.717, 1.165) is 32.0 Å². The summed E-state index contributed by atoms with van der Waals surface area (Å²) >= 11 is 0. The van der Waals surface area contributed by atoms with Crippen molar-refractivity contribution >= 4 is 11.6 Å². The van der Waals surface area contributed by atoms with E-state index >= 15 is 0 Å². The molecule has 5 heteroatoms. The molecule has 1 aromatic carbocycles. The second-order valence-electron chi connectivity index (χ2n) is 5.73. The molecule has 2 heterocycles. The maximum atomic E-state index is 13.6. The van der Waals surface area contributed by atoms with Crippen molar-refractivity contribution in [2.45, 2.75) is 12.8 Å². The molecule has 0 spiro atoms. The maximum Gasteiger partial charge on any atom is 0.162 e. The lowest BCUT2D eigenvalue weighted by atomic mass is 10.1. The van der Waals surface area contributed by atoms with Gasteiger partial charge in [-0.3, -0.25) is 9.69 Å². The van der Waals surface area contributed by atoms with E-state index in [0.29, 0.717) is 13.0 Å². The number of benzene rings is 1. The zero-order valence-corrected chi connectivity index (χ0v) is 13.4. The predicted octanol–water partition coefficient (Wildman–Crippen LogP) is 3.01. The summed E-state index contributed by atoms with van der Waals surface area (Å²) in [7, 11) is 0. The van der Waals surface area contributed by atoms with E-state index in [4.69, 9.17) is 5.48 Å². The van der Waals surface area contributed by atoms with Crippen LogP contribution in [0.15, 0.2) is 48.6 Å². The number of aromatic nitrogens is 1. The number of Topliss-reactive ketones (excluding diaryl/α,β-unsaturated/α-hetero) is 1. The normalized spacial score (nSPS) is 17.8. The van der Waals surface area contributed by atoms with E-state index in [-0.39, 0.29) is 12.0 Å². The minimum absolute atomic E-state index is 0.0999. The Morgan fingerprint density at radius 3 is 2.58 bits per heavy atom. The number of carbonyl (C=O) groups is 1. The largest absolute Gasteiger partial charge is 0.354 e. The van der Waals surface area contributed by atoms with Crippen LogP contribution in [0.5, 0.6) is 0 Å². The summed E-state index contributed by atoms with van der Waals surface area (Å²) in [6.45, 7) is 4.10. The molecule has 1 saturated heterocycles. The Balaban J connectivity index is 1.52. The summed E-state index contributed by atoms with van der Waals surface area (Å²) in [6.07, 6.45) is 2.41. The van der Waals surface area contributed by atoms with Crippen LogP contribution in [0.25, 0.3) is 0 Å². The van der Waals surface area contributed by atoms with Gasteiger partial charge in [0.05, 0.1) is 5.48 Å². The van der Waals surface area contributed by atoms with Crippen LogP contribution in [-0.4, -0.2) is 48.4 Å². The first-order valence-electron chi connectivity index (χ1n) is 10.1. The smallest absolute Gasteiger partial charge is 0.162 e. The molecule has 0 atom stereocenters. The predicted molar refractivity (Wildman–Crippen MR) is 92.9 cm³/mol. The number of rotatable bonds is 6. The van der Waals surface area contributed by atoms with Crippen LogP contribution < -0.4 is 4.90 Å². The first kappa shape index (κ1) is 12.1. The van der Waals surface area contributed by atoms with Crippen molar-refractivity contribution < 1.29 is 14.7 Å². The molecule has 0 saturated carbocycles. The molecule has 4 nitrogen and oxygen atoms in total. The number of anilines is 1. The molecule has 0 aliphatic carbocycles. The molecule has 1 fully saturated rings. The van der Waals surface area contributed by atoms with Gasteiger partial charge in [0, 0.05) is 44.4 Å². The van der Waals surface area contributed by atoms with Crippen molar-refractivity contribution in [3.8, 4) is 0 Å². The van der Waals surface area contributed by atoms with Gasteiger partial charge in [-0.1, -0.05) is 6.07 Å². The first-order valence-corrected chi connectivity index (χ1v) is 8.07. The lowest BCUT2D eigenvalue weighted by molar-refractivity contribution is 0.0974. The summed E-state index contributed by atoms with van der Waals surface area (Å²) in [5, 5.41) is 0. The molecule has 1 aliphatic rings. The zero-order valence-electron chi connectivity index (χ0n) is 17.4. The number of ketones is 1. The van der Waals surface area contributed by atoms with E-state index in [9.17, 15) is 9.18 Å². The minimum Gasteiger partial charge on any atom is -0.354 e. The maximum absolute atomic E-state index is 13.6. The zero-order chi connectivity index (χ0) is 20.3. The quantitative estimate of drug-likeness (QED) is 0.763. The summed E-state index contributed by atoms with van der Waals surface area (Å²) in [6, 6.07) is 3.02. The van der Waals surface area contributed by atoms with Crippen LogP contribution in [0, 0.1) is 5.82 Å². The van der Waals surface area contributed by atoms with Crippen LogP contribution in [0.2, 0.25) is 0 Å². The molecule has 3 rings (SSSR count). The second-order valence-corrected chi connectivity index (χ2v) is 5.73. The number of carbonyl (C=O) groups excluding carboxylic acids is 1. The van der Waals surface area contributed by atoms with Crippen LogP contribution in [0.4, 0.5) is 10.2 Å². The van der Waals surface area contributed by atoms with Gasteiger partial charge in [0.25, 0.3) is 0 Å². The summed E-state index contributed by atoms with van der Waals surface area (Å²) in [4.78, 5) is 21.2. The molecular formula is C19H22FN3O. The molecule has 0 radical (unpaired) electrons. The fourth-order valence-electron chi connectivity index (χ4n) is 2.77. The Bertz CT molecular complexity index is 829. The minimum atomic E-state index is -1.22. The standard InChI is InChI=1S/C19H22FN3O/c20-17-8-6-16(7-9-17)18(24)4-3-11-22-12-14-23(15-13-22)19-5-1-2-10-21-19/h1-2,5-10H,3-4,11-15H2/i6D,7D,8D,9D. The first-order chi connectivity index (χ1) is 13.4. The average molecular weight is 331 g/mol. The number of pyridine rings is 1. The fourth-order valence-corrected chi connectivity index (χ4v) is 2.77. The van der Waals surface area contributed by atoms with Gasteiger partial charge in [0.1, 0.15) is 11.6 Å². The van der Waals surface area contributed by atoms with Crippen molar-refractivity contribution in [1.29, 1.82) is 0 Å². The molecule has 0 unspecified atom stereocenters. The Morgan fingerprint density at radius 2 is 1.92 bits per heavy atom. The number of nitrogens with zero attached hydrogens (tertiary/aromatic N) is 3. The van der Waals surface area contributed by atoms with Crippen LogP contribution in [0.3, 0.4) is 0 Å². The second kappa shape index (κ2) is 8.02. The topological polar surface area (TPSA) is 36.4 Å². The van der Waals surface area contributed by atoms with Gasteiger partial charge in [-0.05, 0) is 49.3 Å². The third kappa shape index (κ3) is 4.38. The van der Waals surface area contributed by atoms with Gasteiger partial charge >= 0.3 is 0 Å². The van der Waals surface area contributed by atoms with Gasteiger partial charge in [0.15, 0.2) is 5.78 Å². The van der Waals surface area contributed by atoms with Crippen LogP contribution in [-0.2, 0) is 0 Å². The molecule has 1 aliphatic heterocycles. The van der Waals surface area contributed by atoms with E-state index in [1.54, 1.807) is 6.20 Å². The Labute approximate surface area is 147 Å². The van der Waals surface area contributed by atoms with E-state index in [1.807, 2.05) is 18.2 Å². The molecular weight excluding hydrogens is 305 g/mol. The number of halogens is 1. The Hall–Kier alpha value is -2.27. The summed E-state index contributed by atoms with van der Waals surface area (Å²) in [5.41, 5.74) is -0.323. The van der Waals surface area contributed by atoms with Gasteiger partial charge in [0.2, 0.25) is 0 Å². The SMILES string of the molecule is [2H]c1c([2H])c(C(=O)CCCN2CCN(c3ccccn3)CC2)c([2H])c([2H])c1F. The van der Waals surface area contributed by atoms with E-state index < -0.39 is 35.8 Å². The number of piperazine rings is 1. The molecule has 2 aromatic rings. The molecule has 0 bridgehead atoms. The highest BCUT2D eigenvalue weighted by Gasteiger charge is 2.17. The molecule has 1 aromatic heterocycles. The molecule has 0 amide bonds. The number of hydrogen-bond acceptors (Lipinski definition) is 4. The highest BCUT2D eigenvalue weighted by Crippen LogP contribution is 2.13. The van der Waals surface area contributed by atoms with Gasteiger partial charge in [-0.25, -0.2) is 9.37 Å². The van der Waals surface area contributed by atoms with E-state index in [2.05, 4.69) is 14.8 Å². The van der Waals surface area contributed by atoms with Crippen molar-refractivity contribution in [2.24, 2.45) is 0 Å². The van der Waals surface area contributed by atoms with Gasteiger partial charge in [-0.15, -0.1) is 0 Å². The summed E-state index contributed by atoms with van der Waals surface area (Å²) in [5.74, 6) is -0.751. The van der Waals surface area contributed by atoms with Crippen molar-refractivity contribution in [1.82, 2.24) is 9.88 Å². The van der Waals surface area contributed by atoms with Gasteiger partial charge in [-0.2, -0.15) is 0 Å². The van der Waals surface area contributed by atoms with Gasteiger partial charge < -0.3 is 4.90 Å². The molecule has 0 N–H and O–H groups in total. The average Bonchev–Trinajstić information content (AvgIpc) is 2.72.